The zero-order valence-electron chi connectivity index (χ0n) is 23.5. The maximum absolute atomic E-state index is 13.5. The third-order valence-corrected chi connectivity index (χ3v) is 8.64. The molecule has 0 amide bonds. The van der Waals surface area contributed by atoms with Crippen molar-refractivity contribution in [1.82, 2.24) is 14.6 Å². The van der Waals surface area contributed by atoms with Crippen molar-refractivity contribution >= 4 is 17.4 Å². The molecule has 0 atom stereocenters. The number of rotatable bonds is 8. The van der Waals surface area contributed by atoms with Gasteiger partial charge in [0.25, 0.3) is 5.56 Å². The Labute approximate surface area is 225 Å². The molecule has 38 heavy (non-hydrogen) atoms. The van der Waals surface area contributed by atoms with Gasteiger partial charge in [-0.3, -0.25) is 4.79 Å². The van der Waals surface area contributed by atoms with E-state index in [-0.39, 0.29) is 22.5 Å². The van der Waals surface area contributed by atoms with Crippen molar-refractivity contribution in [2.24, 2.45) is 0 Å². The Morgan fingerprint density at radius 1 is 1.13 bits per heavy atom. The Hall–Kier alpha value is -3.46. The lowest BCUT2D eigenvalue weighted by Crippen LogP contribution is -2.30. The summed E-state index contributed by atoms with van der Waals surface area (Å²) in [6.45, 7) is 11.8. The van der Waals surface area contributed by atoms with Crippen LogP contribution in [0, 0.1) is 18.3 Å². The molecule has 2 aliphatic heterocycles. The Bertz CT molecular complexity index is 1550. The lowest BCUT2D eigenvalue weighted by molar-refractivity contribution is 0.498. The van der Waals surface area contributed by atoms with Gasteiger partial charge >= 0.3 is 0 Å². The molecule has 0 saturated carbocycles. The van der Waals surface area contributed by atoms with Crippen molar-refractivity contribution in [3.8, 4) is 6.07 Å². The number of fused-ring (bicyclic) bond motifs is 1. The van der Waals surface area contributed by atoms with E-state index >= 15 is 0 Å². The summed E-state index contributed by atoms with van der Waals surface area (Å²) in [5.41, 5.74) is 6.36. The number of nitriles is 1. The van der Waals surface area contributed by atoms with Crippen molar-refractivity contribution in [3.63, 3.8) is 0 Å². The summed E-state index contributed by atoms with van der Waals surface area (Å²) in [6, 6.07) is 8.87. The lowest BCUT2D eigenvalue weighted by atomic mass is 9.83. The summed E-state index contributed by atoms with van der Waals surface area (Å²) >= 11 is 0. The number of unbranched alkanes of at least 4 members (excludes halogenated alkanes) is 2. The molecule has 6 heteroatoms. The van der Waals surface area contributed by atoms with Crippen LogP contribution in [0.3, 0.4) is 0 Å². The number of benzene rings is 1. The van der Waals surface area contributed by atoms with Crippen LogP contribution >= 0.6 is 0 Å². The molecule has 0 aliphatic carbocycles. The number of nitrogens with zero attached hydrogens (tertiary/aromatic N) is 5. The number of hydrogen-bond acceptors (Lipinski definition) is 5. The van der Waals surface area contributed by atoms with Crippen molar-refractivity contribution < 1.29 is 0 Å². The highest BCUT2D eigenvalue weighted by molar-refractivity contribution is 5.76. The fraction of sp³-hybridized carbons (Fsp3) is 0.500. The van der Waals surface area contributed by atoms with Gasteiger partial charge in [0.15, 0.2) is 5.65 Å². The van der Waals surface area contributed by atoms with Gasteiger partial charge in [-0.1, -0.05) is 71.6 Å². The predicted molar refractivity (Wildman–Crippen MR) is 153 cm³/mol. The summed E-state index contributed by atoms with van der Waals surface area (Å²) in [6.07, 6.45) is 12.8. The van der Waals surface area contributed by atoms with Crippen LogP contribution in [0.15, 0.2) is 34.8 Å². The highest BCUT2D eigenvalue weighted by Crippen LogP contribution is 2.50. The van der Waals surface area contributed by atoms with Crippen LogP contribution in [0.4, 0.5) is 5.69 Å². The van der Waals surface area contributed by atoms with Crippen molar-refractivity contribution in [2.45, 2.75) is 97.3 Å². The maximum Gasteiger partial charge on any atom is 0.276 e. The quantitative estimate of drug-likeness (QED) is 0.380. The molecule has 198 valence electrons. The molecule has 5 rings (SSSR count). The number of aryl methyl sites for hydroxylation is 1. The average molecular weight is 510 g/mol. The SMILES string of the molecule is CCCCC(CCCC)c1nnc2/c(=C/C=C3\N4CCCc5cccc(c54)C3(C)C)c(C)c(C#N)c(=O)n12. The lowest BCUT2D eigenvalue weighted by Gasteiger charge is -2.30. The summed E-state index contributed by atoms with van der Waals surface area (Å²) in [7, 11) is 0. The van der Waals surface area contributed by atoms with Gasteiger partial charge in [0.2, 0.25) is 0 Å². The van der Waals surface area contributed by atoms with Gasteiger partial charge in [0.05, 0.1) is 0 Å². The Kier molecular flexibility index (Phi) is 7.13. The van der Waals surface area contributed by atoms with Crippen molar-refractivity contribution in [1.29, 1.82) is 5.26 Å². The zero-order valence-corrected chi connectivity index (χ0v) is 23.5. The van der Waals surface area contributed by atoms with Crippen LogP contribution in [0.1, 0.15) is 107 Å². The minimum Gasteiger partial charge on any atom is -0.344 e. The minimum absolute atomic E-state index is 0.142. The smallest absolute Gasteiger partial charge is 0.276 e. The third-order valence-electron chi connectivity index (χ3n) is 8.64. The van der Waals surface area contributed by atoms with Crippen molar-refractivity contribution in [3.05, 3.63) is 73.6 Å². The van der Waals surface area contributed by atoms with E-state index in [9.17, 15) is 10.1 Å². The number of pyridine rings is 1. The first-order valence-electron chi connectivity index (χ1n) is 14.3. The van der Waals surface area contributed by atoms with E-state index in [0.29, 0.717) is 17.0 Å². The standard InChI is InChI=1S/C32H39N5O/c1-6-8-12-23(13-9-7-2)29-34-35-30-24(21(3)25(20-33)31(38)37(29)30)17-18-27-32(4,5)26-16-10-14-22-15-11-19-36(27)28(22)26/h10,14,16-18,23H,6-9,11-13,15,19H2,1-5H3/b24-17+,27-18-. The third kappa shape index (κ3) is 4.13. The summed E-state index contributed by atoms with van der Waals surface area (Å²) in [5, 5.41) is 19.9. The number of anilines is 1. The fourth-order valence-corrected chi connectivity index (χ4v) is 6.48. The molecule has 0 saturated heterocycles. The molecule has 1 aromatic carbocycles. The predicted octanol–water partition coefficient (Wildman–Crippen LogP) is 5.86. The van der Waals surface area contributed by atoms with Crippen LogP contribution in [0.5, 0.6) is 0 Å². The number of aromatic nitrogens is 3. The molecule has 0 bridgehead atoms. The molecule has 0 unspecified atom stereocenters. The molecule has 2 aromatic heterocycles. The van der Waals surface area contributed by atoms with E-state index in [1.165, 1.54) is 22.5 Å². The Balaban J connectivity index is 1.70. The molecule has 0 N–H and O–H groups in total. The van der Waals surface area contributed by atoms with Gasteiger partial charge in [0.1, 0.15) is 17.5 Å². The van der Waals surface area contributed by atoms with E-state index in [2.05, 4.69) is 79.2 Å². The normalized spacial score (nSPS) is 17.6. The Morgan fingerprint density at radius 3 is 2.55 bits per heavy atom. The molecule has 2 aliphatic rings. The van der Waals surface area contributed by atoms with Gasteiger partial charge in [-0.05, 0) is 61.4 Å². The summed E-state index contributed by atoms with van der Waals surface area (Å²) in [5.74, 6) is 0.869. The first-order chi connectivity index (χ1) is 18.3. The van der Waals surface area contributed by atoms with E-state index < -0.39 is 0 Å². The van der Waals surface area contributed by atoms with E-state index in [0.717, 1.165) is 63.1 Å². The Morgan fingerprint density at radius 2 is 1.87 bits per heavy atom. The molecule has 0 spiro atoms. The van der Waals surface area contributed by atoms with Gasteiger partial charge in [-0.15, -0.1) is 10.2 Å². The number of hydrogen-bond donors (Lipinski definition) is 0. The molecular weight excluding hydrogens is 470 g/mol. The van der Waals surface area contributed by atoms with Crippen LogP contribution in [-0.4, -0.2) is 21.1 Å². The van der Waals surface area contributed by atoms with Crippen molar-refractivity contribution in [2.75, 3.05) is 11.4 Å². The molecule has 0 radical (unpaired) electrons. The molecule has 6 nitrogen and oxygen atoms in total. The second-order valence-corrected chi connectivity index (χ2v) is 11.4. The van der Waals surface area contributed by atoms with E-state index in [4.69, 9.17) is 0 Å². The van der Waals surface area contributed by atoms with Crippen LogP contribution < -0.4 is 15.7 Å². The molecular formula is C32H39N5O. The summed E-state index contributed by atoms with van der Waals surface area (Å²) < 4.78 is 1.64. The number of allylic oxidation sites excluding steroid dienone is 2. The van der Waals surface area contributed by atoms with Gasteiger partial charge in [0, 0.05) is 34.5 Å². The van der Waals surface area contributed by atoms with Crippen LogP contribution in [0.25, 0.3) is 11.7 Å². The van der Waals surface area contributed by atoms with Gasteiger partial charge in [-0.2, -0.15) is 5.26 Å². The minimum atomic E-state index is -0.294. The topological polar surface area (TPSA) is 74.3 Å². The van der Waals surface area contributed by atoms with E-state index in [1.807, 2.05) is 6.92 Å². The highest BCUT2D eigenvalue weighted by atomic mass is 16.1. The highest BCUT2D eigenvalue weighted by Gasteiger charge is 2.42. The average Bonchev–Trinajstić information content (AvgIpc) is 3.44. The molecule has 3 aromatic rings. The van der Waals surface area contributed by atoms with E-state index in [1.54, 1.807) is 4.40 Å². The molecule has 0 fully saturated rings. The summed E-state index contributed by atoms with van der Waals surface area (Å²) in [4.78, 5) is 16.0. The van der Waals surface area contributed by atoms with Gasteiger partial charge < -0.3 is 4.90 Å². The number of para-hydroxylation sites is 1. The second kappa shape index (κ2) is 10.4. The molecule has 4 heterocycles. The fourth-order valence-electron chi connectivity index (χ4n) is 6.48. The monoisotopic (exact) mass is 509 g/mol. The maximum atomic E-state index is 13.5. The largest absolute Gasteiger partial charge is 0.344 e. The first kappa shape index (κ1) is 26.2. The first-order valence-corrected chi connectivity index (χ1v) is 14.3. The van der Waals surface area contributed by atoms with Crippen LogP contribution in [-0.2, 0) is 11.8 Å². The van der Waals surface area contributed by atoms with Gasteiger partial charge in [-0.25, -0.2) is 4.40 Å². The second-order valence-electron chi connectivity index (χ2n) is 11.4. The van der Waals surface area contributed by atoms with Crippen LogP contribution in [0.2, 0.25) is 0 Å². The zero-order chi connectivity index (χ0) is 27.0.